The fourth-order valence-electron chi connectivity index (χ4n) is 2.76. The molecule has 1 aromatic rings. The number of aliphatic hydroxyl groups is 1. The zero-order valence-corrected chi connectivity index (χ0v) is 15.1. The van der Waals surface area contributed by atoms with E-state index in [0.29, 0.717) is 22.6 Å². The maximum Gasteiger partial charge on any atom is 0.220 e. The molecular weight excluding hydrogens is 343 g/mol. The van der Waals surface area contributed by atoms with Gasteiger partial charge in [-0.2, -0.15) is 0 Å². The van der Waals surface area contributed by atoms with Crippen LogP contribution in [0.25, 0.3) is 0 Å². The summed E-state index contributed by atoms with van der Waals surface area (Å²) >= 11 is 7.18. The van der Waals surface area contributed by atoms with Crippen LogP contribution in [0, 0.1) is 11.8 Å². The number of carbonyl (C=O) groups is 1. The first kappa shape index (κ1) is 19.7. The molecule has 1 aliphatic heterocycles. The van der Waals surface area contributed by atoms with Gasteiger partial charge in [0.25, 0.3) is 0 Å². The predicted molar refractivity (Wildman–Crippen MR) is 93.9 cm³/mol. The van der Waals surface area contributed by atoms with Crippen molar-refractivity contribution in [3.05, 3.63) is 21.3 Å². The molecule has 126 valence electrons. The van der Waals surface area contributed by atoms with E-state index in [1.165, 1.54) is 11.3 Å². The van der Waals surface area contributed by atoms with Gasteiger partial charge in [-0.1, -0.05) is 18.5 Å². The number of piperidine rings is 1. The van der Waals surface area contributed by atoms with Gasteiger partial charge < -0.3 is 15.7 Å². The first-order chi connectivity index (χ1) is 10.1. The SMILES string of the molecule is CC(CC(=O)NCC(O)c1ccc(Cl)s1)C1CCNCC1.Cl. The molecular formula is C15H24Cl2N2O2S. The van der Waals surface area contributed by atoms with Crippen molar-refractivity contribution >= 4 is 41.3 Å². The Morgan fingerprint density at radius 3 is 2.77 bits per heavy atom. The predicted octanol–water partition coefficient (Wildman–Crippen LogP) is 3.00. The second kappa shape index (κ2) is 9.73. The van der Waals surface area contributed by atoms with E-state index in [1.54, 1.807) is 12.1 Å². The molecule has 0 bridgehead atoms. The molecule has 22 heavy (non-hydrogen) atoms. The van der Waals surface area contributed by atoms with Gasteiger partial charge in [-0.25, -0.2) is 0 Å². The molecule has 2 atom stereocenters. The molecule has 1 amide bonds. The molecule has 1 aliphatic rings. The summed E-state index contributed by atoms with van der Waals surface area (Å²) in [6.45, 7) is 4.49. The number of amides is 1. The Morgan fingerprint density at radius 2 is 2.18 bits per heavy atom. The highest BCUT2D eigenvalue weighted by Gasteiger charge is 2.22. The molecule has 0 saturated carbocycles. The van der Waals surface area contributed by atoms with Gasteiger partial charge in [-0.05, 0) is 49.9 Å². The first-order valence-corrected chi connectivity index (χ1v) is 8.66. The van der Waals surface area contributed by atoms with Crippen LogP contribution < -0.4 is 10.6 Å². The molecule has 4 nitrogen and oxygen atoms in total. The van der Waals surface area contributed by atoms with Gasteiger partial charge in [0, 0.05) is 17.8 Å². The minimum absolute atomic E-state index is 0. The van der Waals surface area contributed by atoms with Crippen molar-refractivity contribution in [2.75, 3.05) is 19.6 Å². The van der Waals surface area contributed by atoms with Crippen molar-refractivity contribution in [2.45, 2.75) is 32.3 Å². The summed E-state index contributed by atoms with van der Waals surface area (Å²) in [6, 6.07) is 3.55. The molecule has 1 saturated heterocycles. The van der Waals surface area contributed by atoms with E-state index in [0.717, 1.165) is 30.8 Å². The number of carbonyl (C=O) groups excluding carboxylic acids is 1. The van der Waals surface area contributed by atoms with Crippen LogP contribution in [0.3, 0.4) is 0 Å². The number of halogens is 2. The van der Waals surface area contributed by atoms with Crippen LogP contribution in [0.2, 0.25) is 4.34 Å². The Kier molecular flexibility index (Phi) is 8.72. The van der Waals surface area contributed by atoms with Gasteiger partial charge in [0.05, 0.1) is 4.34 Å². The molecule has 3 N–H and O–H groups in total. The van der Waals surface area contributed by atoms with Crippen molar-refractivity contribution in [3.63, 3.8) is 0 Å². The third kappa shape index (κ3) is 6.05. The second-order valence-electron chi connectivity index (χ2n) is 5.73. The highest BCUT2D eigenvalue weighted by atomic mass is 35.5. The van der Waals surface area contributed by atoms with Gasteiger partial charge in [-0.3, -0.25) is 4.79 Å². The smallest absolute Gasteiger partial charge is 0.220 e. The summed E-state index contributed by atoms with van der Waals surface area (Å²) in [5.41, 5.74) is 0. The maximum atomic E-state index is 12.0. The summed E-state index contributed by atoms with van der Waals surface area (Å²) in [4.78, 5) is 12.8. The van der Waals surface area contributed by atoms with Gasteiger partial charge in [0.2, 0.25) is 5.91 Å². The van der Waals surface area contributed by atoms with Crippen LogP contribution in [0.15, 0.2) is 12.1 Å². The molecule has 2 rings (SSSR count). The highest BCUT2D eigenvalue weighted by molar-refractivity contribution is 7.16. The van der Waals surface area contributed by atoms with Crippen LogP contribution in [0.4, 0.5) is 0 Å². The standard InChI is InChI=1S/C15H23ClN2O2S.ClH/c1-10(11-4-6-17-7-5-11)8-15(20)18-9-12(19)13-2-3-14(16)21-13;/h2-3,10-12,17,19H,4-9H2,1H3,(H,18,20);1H. The van der Waals surface area contributed by atoms with E-state index in [9.17, 15) is 9.90 Å². The number of hydrogen-bond donors (Lipinski definition) is 3. The Balaban J connectivity index is 0.00000242. The Hall–Kier alpha value is -0.330. The van der Waals surface area contributed by atoms with Crippen LogP contribution >= 0.6 is 35.3 Å². The van der Waals surface area contributed by atoms with Gasteiger partial charge >= 0.3 is 0 Å². The van der Waals surface area contributed by atoms with E-state index in [2.05, 4.69) is 17.6 Å². The van der Waals surface area contributed by atoms with Crippen LogP contribution in [0.1, 0.15) is 37.2 Å². The van der Waals surface area contributed by atoms with Gasteiger partial charge in [0.15, 0.2) is 0 Å². The number of rotatable bonds is 6. The Labute approximate surface area is 147 Å². The zero-order chi connectivity index (χ0) is 15.2. The largest absolute Gasteiger partial charge is 0.386 e. The van der Waals surface area contributed by atoms with E-state index < -0.39 is 6.10 Å². The van der Waals surface area contributed by atoms with E-state index >= 15 is 0 Å². The molecule has 2 unspecified atom stereocenters. The van der Waals surface area contributed by atoms with Gasteiger partial charge in [-0.15, -0.1) is 23.7 Å². The summed E-state index contributed by atoms with van der Waals surface area (Å²) in [6.07, 6.45) is 2.14. The minimum atomic E-state index is -0.680. The van der Waals surface area contributed by atoms with Crippen molar-refractivity contribution in [2.24, 2.45) is 11.8 Å². The average Bonchev–Trinajstić information content (AvgIpc) is 2.92. The van der Waals surface area contributed by atoms with Crippen LogP contribution in [-0.2, 0) is 4.79 Å². The molecule has 2 heterocycles. The number of nitrogens with one attached hydrogen (secondary N) is 2. The number of hydrogen-bond acceptors (Lipinski definition) is 4. The monoisotopic (exact) mass is 366 g/mol. The van der Waals surface area contributed by atoms with E-state index in [4.69, 9.17) is 11.6 Å². The fourth-order valence-corrected chi connectivity index (χ4v) is 3.81. The summed E-state index contributed by atoms with van der Waals surface area (Å²) in [5, 5.41) is 16.2. The number of thiophene rings is 1. The van der Waals surface area contributed by atoms with Crippen molar-refractivity contribution < 1.29 is 9.90 Å². The molecule has 0 aliphatic carbocycles. The lowest BCUT2D eigenvalue weighted by Crippen LogP contribution is -2.34. The molecule has 7 heteroatoms. The summed E-state index contributed by atoms with van der Waals surface area (Å²) in [5.74, 6) is 1.03. The lowest BCUT2D eigenvalue weighted by atomic mass is 9.84. The minimum Gasteiger partial charge on any atom is -0.386 e. The fraction of sp³-hybridized carbons (Fsp3) is 0.667. The molecule has 0 radical (unpaired) electrons. The molecule has 0 aromatic carbocycles. The molecule has 1 aromatic heterocycles. The van der Waals surface area contributed by atoms with Crippen molar-refractivity contribution in [1.82, 2.24) is 10.6 Å². The quantitative estimate of drug-likeness (QED) is 0.724. The maximum absolute atomic E-state index is 12.0. The first-order valence-electron chi connectivity index (χ1n) is 7.47. The molecule has 1 fully saturated rings. The van der Waals surface area contributed by atoms with Gasteiger partial charge in [0.1, 0.15) is 6.10 Å². The van der Waals surface area contributed by atoms with Crippen molar-refractivity contribution in [3.8, 4) is 0 Å². The van der Waals surface area contributed by atoms with Crippen LogP contribution in [0.5, 0.6) is 0 Å². The average molecular weight is 367 g/mol. The zero-order valence-electron chi connectivity index (χ0n) is 12.7. The highest BCUT2D eigenvalue weighted by Crippen LogP contribution is 2.27. The Bertz CT molecular complexity index is 464. The normalized spacial score (nSPS) is 18.3. The summed E-state index contributed by atoms with van der Waals surface area (Å²) in [7, 11) is 0. The van der Waals surface area contributed by atoms with Crippen molar-refractivity contribution in [1.29, 1.82) is 0 Å². The Morgan fingerprint density at radius 1 is 1.50 bits per heavy atom. The third-order valence-electron chi connectivity index (χ3n) is 4.11. The number of aliphatic hydroxyl groups excluding tert-OH is 1. The molecule has 0 spiro atoms. The van der Waals surface area contributed by atoms with E-state index in [1.807, 2.05) is 0 Å². The topological polar surface area (TPSA) is 61.4 Å². The lowest BCUT2D eigenvalue weighted by Gasteiger charge is -2.28. The van der Waals surface area contributed by atoms with E-state index in [-0.39, 0.29) is 24.9 Å². The third-order valence-corrected chi connectivity index (χ3v) is 5.44. The second-order valence-corrected chi connectivity index (χ2v) is 7.48. The van der Waals surface area contributed by atoms with Crippen LogP contribution in [-0.4, -0.2) is 30.6 Å². The summed E-state index contributed by atoms with van der Waals surface area (Å²) < 4.78 is 0.648. The lowest BCUT2D eigenvalue weighted by molar-refractivity contribution is -0.122.